The standard InChI is InChI=1S/C18H21FN2O2.ClH/c1-13(11-14-3-2-4-15(19)12-14)18(22)21-16-5-7-17(8-6-16)23-10-9-20;/h2-8,12-13H,9-11,20H2,1H3,(H,21,22);1H. The second-order valence-electron chi connectivity index (χ2n) is 5.39. The van der Waals surface area contributed by atoms with Gasteiger partial charge in [0, 0.05) is 18.2 Å². The van der Waals surface area contributed by atoms with Crippen molar-refractivity contribution in [2.75, 3.05) is 18.5 Å². The Balaban J connectivity index is 0.00000288. The van der Waals surface area contributed by atoms with Crippen LogP contribution in [0.15, 0.2) is 48.5 Å². The summed E-state index contributed by atoms with van der Waals surface area (Å²) in [5.74, 6) is 0.0549. The van der Waals surface area contributed by atoms with Crippen LogP contribution in [-0.4, -0.2) is 19.1 Å². The van der Waals surface area contributed by atoms with Crippen molar-refractivity contribution in [2.45, 2.75) is 13.3 Å². The molecule has 0 fully saturated rings. The minimum absolute atomic E-state index is 0. The normalized spacial score (nSPS) is 11.3. The Morgan fingerprint density at radius 3 is 2.58 bits per heavy atom. The lowest BCUT2D eigenvalue weighted by Crippen LogP contribution is -2.22. The van der Waals surface area contributed by atoms with E-state index in [4.69, 9.17) is 10.5 Å². The van der Waals surface area contributed by atoms with Crippen molar-refractivity contribution in [1.29, 1.82) is 0 Å². The molecular weight excluding hydrogens is 331 g/mol. The number of hydrogen-bond donors (Lipinski definition) is 2. The molecule has 0 saturated heterocycles. The summed E-state index contributed by atoms with van der Waals surface area (Å²) in [5.41, 5.74) is 6.87. The summed E-state index contributed by atoms with van der Waals surface area (Å²) in [5, 5.41) is 2.85. The molecule has 0 heterocycles. The summed E-state index contributed by atoms with van der Waals surface area (Å²) in [6.07, 6.45) is 0.487. The first-order valence-corrected chi connectivity index (χ1v) is 7.56. The number of nitrogens with one attached hydrogen (secondary N) is 1. The number of nitrogens with two attached hydrogens (primary N) is 1. The van der Waals surface area contributed by atoms with Crippen LogP contribution in [0, 0.1) is 11.7 Å². The molecule has 1 unspecified atom stereocenters. The lowest BCUT2D eigenvalue weighted by Gasteiger charge is -2.13. The van der Waals surface area contributed by atoms with Crippen LogP contribution in [0.5, 0.6) is 5.75 Å². The molecule has 1 atom stereocenters. The van der Waals surface area contributed by atoms with Crippen molar-refractivity contribution in [3.63, 3.8) is 0 Å². The van der Waals surface area contributed by atoms with Crippen LogP contribution in [0.2, 0.25) is 0 Å². The van der Waals surface area contributed by atoms with Crippen LogP contribution in [0.1, 0.15) is 12.5 Å². The molecule has 0 aliphatic rings. The summed E-state index contributed by atoms with van der Waals surface area (Å²) in [4.78, 5) is 12.2. The van der Waals surface area contributed by atoms with E-state index in [9.17, 15) is 9.18 Å². The number of carbonyl (C=O) groups excluding carboxylic acids is 1. The summed E-state index contributed by atoms with van der Waals surface area (Å²) < 4.78 is 18.6. The summed E-state index contributed by atoms with van der Waals surface area (Å²) in [7, 11) is 0. The highest BCUT2D eigenvalue weighted by atomic mass is 35.5. The molecule has 0 spiro atoms. The number of ether oxygens (including phenoxy) is 1. The Labute approximate surface area is 147 Å². The van der Waals surface area contributed by atoms with E-state index in [0.29, 0.717) is 31.0 Å². The zero-order valence-corrected chi connectivity index (χ0v) is 14.3. The molecule has 0 radical (unpaired) electrons. The molecule has 0 saturated carbocycles. The molecule has 0 aromatic heterocycles. The predicted molar refractivity (Wildman–Crippen MR) is 96.1 cm³/mol. The SMILES string of the molecule is CC(Cc1cccc(F)c1)C(=O)Nc1ccc(OCCN)cc1.Cl. The molecule has 24 heavy (non-hydrogen) atoms. The largest absolute Gasteiger partial charge is 0.492 e. The highest BCUT2D eigenvalue weighted by Gasteiger charge is 2.14. The monoisotopic (exact) mass is 352 g/mol. The Hall–Kier alpha value is -2.11. The number of amides is 1. The maximum Gasteiger partial charge on any atom is 0.227 e. The summed E-state index contributed by atoms with van der Waals surface area (Å²) in [6, 6.07) is 13.4. The summed E-state index contributed by atoms with van der Waals surface area (Å²) in [6.45, 7) is 2.73. The average Bonchev–Trinajstić information content (AvgIpc) is 2.54. The van der Waals surface area contributed by atoms with E-state index >= 15 is 0 Å². The van der Waals surface area contributed by atoms with Gasteiger partial charge >= 0.3 is 0 Å². The Morgan fingerprint density at radius 1 is 1.25 bits per heavy atom. The van der Waals surface area contributed by atoms with Gasteiger partial charge in [0.1, 0.15) is 18.2 Å². The Kier molecular flexibility index (Phi) is 8.22. The van der Waals surface area contributed by atoms with Crippen LogP contribution in [0.25, 0.3) is 0 Å². The number of halogens is 2. The molecule has 6 heteroatoms. The van der Waals surface area contributed by atoms with Gasteiger partial charge in [-0.2, -0.15) is 0 Å². The van der Waals surface area contributed by atoms with E-state index in [1.807, 2.05) is 13.0 Å². The van der Waals surface area contributed by atoms with E-state index in [1.54, 1.807) is 30.3 Å². The quantitative estimate of drug-likeness (QED) is 0.802. The fourth-order valence-electron chi connectivity index (χ4n) is 2.19. The van der Waals surface area contributed by atoms with Crippen molar-refractivity contribution < 1.29 is 13.9 Å². The highest BCUT2D eigenvalue weighted by Crippen LogP contribution is 2.17. The molecule has 1 amide bonds. The lowest BCUT2D eigenvalue weighted by molar-refractivity contribution is -0.119. The van der Waals surface area contributed by atoms with Gasteiger partial charge in [-0.25, -0.2) is 4.39 Å². The molecule has 4 nitrogen and oxygen atoms in total. The van der Waals surface area contributed by atoms with Crippen molar-refractivity contribution in [2.24, 2.45) is 11.7 Å². The predicted octanol–water partition coefficient (Wildman–Crippen LogP) is 3.40. The third kappa shape index (κ3) is 6.18. The van der Waals surface area contributed by atoms with E-state index in [1.165, 1.54) is 12.1 Å². The number of rotatable bonds is 7. The van der Waals surface area contributed by atoms with E-state index in [0.717, 1.165) is 5.56 Å². The smallest absolute Gasteiger partial charge is 0.227 e. The first kappa shape index (κ1) is 19.9. The average molecular weight is 353 g/mol. The summed E-state index contributed by atoms with van der Waals surface area (Å²) >= 11 is 0. The van der Waals surface area contributed by atoms with Crippen molar-refractivity contribution >= 4 is 24.0 Å². The van der Waals surface area contributed by atoms with Crippen LogP contribution in [0.3, 0.4) is 0 Å². The third-order valence-corrected chi connectivity index (χ3v) is 3.39. The minimum Gasteiger partial charge on any atom is -0.492 e. The molecule has 0 aliphatic carbocycles. The second-order valence-corrected chi connectivity index (χ2v) is 5.39. The molecular formula is C18H22ClFN2O2. The Bertz CT molecular complexity index is 650. The molecule has 2 aromatic rings. The molecule has 3 N–H and O–H groups in total. The number of anilines is 1. The van der Waals surface area contributed by atoms with E-state index in [-0.39, 0.29) is 30.0 Å². The molecule has 130 valence electrons. The fourth-order valence-corrected chi connectivity index (χ4v) is 2.19. The maximum absolute atomic E-state index is 13.2. The number of carbonyl (C=O) groups is 1. The van der Waals surface area contributed by atoms with Gasteiger partial charge in [-0.05, 0) is 48.4 Å². The van der Waals surface area contributed by atoms with Crippen LogP contribution >= 0.6 is 12.4 Å². The fraction of sp³-hybridized carbons (Fsp3) is 0.278. The first-order chi connectivity index (χ1) is 11.1. The minimum atomic E-state index is -0.289. The Morgan fingerprint density at radius 2 is 1.96 bits per heavy atom. The van der Waals surface area contributed by atoms with Crippen LogP contribution < -0.4 is 15.8 Å². The highest BCUT2D eigenvalue weighted by molar-refractivity contribution is 5.92. The van der Waals surface area contributed by atoms with Gasteiger partial charge in [-0.15, -0.1) is 12.4 Å². The van der Waals surface area contributed by atoms with Gasteiger partial charge in [0.2, 0.25) is 5.91 Å². The zero-order valence-electron chi connectivity index (χ0n) is 13.5. The zero-order chi connectivity index (χ0) is 16.7. The van der Waals surface area contributed by atoms with E-state index in [2.05, 4.69) is 5.32 Å². The van der Waals surface area contributed by atoms with Crippen molar-refractivity contribution in [3.8, 4) is 5.75 Å². The maximum atomic E-state index is 13.2. The molecule has 2 rings (SSSR count). The van der Waals surface area contributed by atoms with Crippen molar-refractivity contribution in [1.82, 2.24) is 0 Å². The van der Waals surface area contributed by atoms with Crippen LogP contribution in [-0.2, 0) is 11.2 Å². The van der Waals surface area contributed by atoms with Gasteiger partial charge in [0.15, 0.2) is 0 Å². The first-order valence-electron chi connectivity index (χ1n) is 7.56. The third-order valence-electron chi connectivity index (χ3n) is 3.39. The molecule has 0 aliphatic heterocycles. The lowest BCUT2D eigenvalue weighted by atomic mass is 10.0. The van der Waals surface area contributed by atoms with Gasteiger partial charge in [0.05, 0.1) is 0 Å². The second kappa shape index (κ2) is 9.90. The molecule has 2 aromatic carbocycles. The van der Waals surface area contributed by atoms with Gasteiger partial charge in [0.25, 0.3) is 0 Å². The van der Waals surface area contributed by atoms with Crippen molar-refractivity contribution in [3.05, 3.63) is 59.9 Å². The van der Waals surface area contributed by atoms with Gasteiger partial charge in [-0.3, -0.25) is 4.79 Å². The number of hydrogen-bond acceptors (Lipinski definition) is 3. The molecule has 0 bridgehead atoms. The van der Waals surface area contributed by atoms with Gasteiger partial charge in [-0.1, -0.05) is 19.1 Å². The topological polar surface area (TPSA) is 64.3 Å². The van der Waals surface area contributed by atoms with Gasteiger partial charge < -0.3 is 15.8 Å². The van der Waals surface area contributed by atoms with Crippen LogP contribution in [0.4, 0.5) is 10.1 Å². The van der Waals surface area contributed by atoms with E-state index < -0.39 is 0 Å². The number of benzene rings is 2.